The van der Waals surface area contributed by atoms with E-state index in [1.165, 1.54) is 211 Å². The van der Waals surface area contributed by atoms with Gasteiger partial charge in [0.15, 0.2) is 17.3 Å². The van der Waals surface area contributed by atoms with E-state index < -0.39 is 0 Å². The van der Waals surface area contributed by atoms with Crippen LogP contribution in [0.3, 0.4) is 0 Å². The third-order valence-corrected chi connectivity index (χ3v) is 9.76. The highest BCUT2D eigenvalue weighted by molar-refractivity contribution is 5.89. The van der Waals surface area contributed by atoms with Crippen molar-refractivity contribution < 1.29 is 14.4 Å². The number of hydrogen-bond donors (Lipinski definition) is 0. The van der Waals surface area contributed by atoms with Crippen molar-refractivity contribution in [2.75, 3.05) is 0 Å². The second-order valence-corrected chi connectivity index (χ2v) is 14.9. The summed E-state index contributed by atoms with van der Waals surface area (Å²) < 4.78 is 0. The van der Waals surface area contributed by atoms with Gasteiger partial charge < -0.3 is 0 Å². The summed E-state index contributed by atoms with van der Waals surface area (Å²) in [5.74, 6) is 0.583. The molecule has 0 aliphatic carbocycles. The second-order valence-electron chi connectivity index (χ2n) is 14.9. The first kappa shape index (κ1) is 53.6. The predicted octanol–water partition coefficient (Wildman–Crippen LogP) is 16.3. The molecule has 0 saturated carbocycles. The summed E-state index contributed by atoms with van der Waals surface area (Å²) in [5, 5.41) is 0. The minimum absolute atomic E-state index is 0.188. The molecule has 0 atom stereocenters. The van der Waals surface area contributed by atoms with Gasteiger partial charge in [0, 0.05) is 19.3 Å². The molecular weight excluding hydrogens is 625 g/mol. The Morgan fingerprint density at radius 3 is 0.549 bits per heavy atom. The quantitative estimate of drug-likeness (QED) is 0.0470. The molecule has 0 fully saturated rings. The molecule has 0 saturated heterocycles. The molecule has 0 rings (SSSR count). The molecule has 0 aliphatic heterocycles. The first-order chi connectivity index (χ1) is 24.9. The van der Waals surface area contributed by atoms with Gasteiger partial charge in [-0.05, 0) is 37.5 Å². The molecule has 0 amide bonds. The van der Waals surface area contributed by atoms with Crippen LogP contribution in [-0.4, -0.2) is 17.3 Å². The van der Waals surface area contributed by atoms with E-state index in [2.05, 4.69) is 40.5 Å². The highest BCUT2D eigenvalue weighted by atomic mass is 16.1. The fourth-order valence-electron chi connectivity index (χ4n) is 6.20. The summed E-state index contributed by atoms with van der Waals surface area (Å²) in [4.78, 5) is 32.8. The van der Waals surface area contributed by atoms with E-state index in [4.69, 9.17) is 0 Å². The van der Waals surface area contributed by atoms with E-state index in [1.807, 2.05) is 0 Å². The summed E-state index contributed by atoms with van der Waals surface area (Å²) in [6, 6.07) is 0. The van der Waals surface area contributed by atoms with Gasteiger partial charge in [0.05, 0.1) is 0 Å². The van der Waals surface area contributed by atoms with Crippen molar-refractivity contribution in [2.45, 2.75) is 252 Å². The Morgan fingerprint density at radius 2 is 0.412 bits per heavy atom. The number of unbranched alkanes of at least 4 members (excludes halogenated alkanes) is 30. The predicted molar refractivity (Wildman–Crippen MR) is 229 cm³/mol. The molecule has 0 bridgehead atoms. The SMILES string of the molecule is C=CC(=O)CCCCCCCCC.C=CC(=O)CCCCCCCCCCCCC.C=CC(=O)CCCCCCCCCCCCCCCCC. The van der Waals surface area contributed by atoms with E-state index in [1.54, 1.807) is 0 Å². The Morgan fingerprint density at radius 1 is 0.275 bits per heavy atom. The van der Waals surface area contributed by atoms with E-state index in [-0.39, 0.29) is 17.3 Å². The van der Waals surface area contributed by atoms with Gasteiger partial charge in [0.1, 0.15) is 0 Å². The Labute approximate surface area is 320 Å². The first-order valence-corrected chi connectivity index (χ1v) is 22.4. The van der Waals surface area contributed by atoms with Gasteiger partial charge in [-0.25, -0.2) is 0 Å². The number of carbonyl (C=O) groups is 3. The largest absolute Gasteiger partial charge is 0.295 e. The van der Waals surface area contributed by atoms with Crippen LogP contribution in [0, 0.1) is 0 Å². The molecule has 0 N–H and O–H groups in total. The lowest BCUT2D eigenvalue weighted by Crippen LogP contribution is -1.91. The maximum Gasteiger partial charge on any atom is 0.155 e. The van der Waals surface area contributed by atoms with Gasteiger partial charge in [-0.3, -0.25) is 14.4 Å². The zero-order valence-electron chi connectivity index (χ0n) is 35.0. The minimum Gasteiger partial charge on any atom is -0.295 e. The fourth-order valence-corrected chi connectivity index (χ4v) is 6.20. The highest BCUT2D eigenvalue weighted by Gasteiger charge is 1.98. The van der Waals surface area contributed by atoms with Crippen LogP contribution in [0.5, 0.6) is 0 Å². The molecule has 0 radical (unpaired) electrons. The van der Waals surface area contributed by atoms with Crippen molar-refractivity contribution in [3.8, 4) is 0 Å². The first-order valence-electron chi connectivity index (χ1n) is 22.4. The van der Waals surface area contributed by atoms with Crippen LogP contribution in [0.4, 0.5) is 0 Å². The van der Waals surface area contributed by atoms with E-state index in [0.717, 1.165) is 19.3 Å². The zero-order valence-corrected chi connectivity index (χ0v) is 35.0. The second kappa shape index (κ2) is 50.3. The summed E-state index contributed by atoms with van der Waals surface area (Å²) in [6.45, 7) is 17.2. The van der Waals surface area contributed by atoms with Crippen LogP contribution in [0.1, 0.15) is 252 Å². The smallest absolute Gasteiger partial charge is 0.155 e. The lowest BCUT2D eigenvalue weighted by Gasteiger charge is -2.03. The van der Waals surface area contributed by atoms with E-state index in [9.17, 15) is 14.4 Å². The zero-order chi connectivity index (χ0) is 38.3. The van der Waals surface area contributed by atoms with Gasteiger partial charge in [-0.2, -0.15) is 0 Å². The molecule has 3 heteroatoms. The molecule has 300 valence electrons. The fraction of sp³-hybridized carbons (Fsp3) is 0.812. The average Bonchev–Trinajstić information content (AvgIpc) is 3.15. The summed E-state index contributed by atoms with van der Waals surface area (Å²) in [5.41, 5.74) is 0. The standard InChI is InChI=1S/C20H38O.C16H30O.C12H22O/c1-3-5-6-7-8-9-10-11-12-13-14-15-16-17-18-19-20(21)4-2;1-3-5-6-7-8-9-10-11-12-13-14-15-16(17)4-2;1-3-5-6-7-8-9-10-11-12(13)4-2/h4H,2-3,5-19H2,1H3;4H,2-3,5-15H2,1H3;4H,2-3,5-11H2,1H3. The molecule has 0 aromatic carbocycles. The number of ketones is 3. The van der Waals surface area contributed by atoms with Gasteiger partial charge in [0.2, 0.25) is 0 Å². The van der Waals surface area contributed by atoms with Crippen molar-refractivity contribution >= 4 is 17.3 Å². The van der Waals surface area contributed by atoms with Crippen LogP contribution in [0.2, 0.25) is 0 Å². The monoisotopic (exact) mass is 715 g/mol. The maximum absolute atomic E-state index is 11.0. The number of allylic oxidation sites excluding steroid dienone is 3. The molecule has 0 unspecified atom stereocenters. The van der Waals surface area contributed by atoms with Gasteiger partial charge in [0.25, 0.3) is 0 Å². The molecule has 3 nitrogen and oxygen atoms in total. The Hall–Kier alpha value is -1.77. The normalized spacial score (nSPS) is 10.4. The summed E-state index contributed by atoms with van der Waals surface area (Å²) in [7, 11) is 0. The van der Waals surface area contributed by atoms with E-state index in [0.29, 0.717) is 19.3 Å². The van der Waals surface area contributed by atoms with Crippen LogP contribution >= 0.6 is 0 Å². The van der Waals surface area contributed by atoms with Crippen molar-refractivity contribution in [2.24, 2.45) is 0 Å². The molecule has 51 heavy (non-hydrogen) atoms. The summed E-state index contributed by atoms with van der Waals surface area (Å²) >= 11 is 0. The number of rotatable bonds is 39. The minimum atomic E-state index is 0.188. The third-order valence-electron chi connectivity index (χ3n) is 9.76. The molecule has 0 heterocycles. The van der Waals surface area contributed by atoms with Gasteiger partial charge in [-0.15, -0.1) is 0 Å². The lowest BCUT2D eigenvalue weighted by molar-refractivity contribution is -0.115. The van der Waals surface area contributed by atoms with Crippen molar-refractivity contribution in [1.29, 1.82) is 0 Å². The van der Waals surface area contributed by atoms with Crippen LogP contribution in [-0.2, 0) is 14.4 Å². The highest BCUT2D eigenvalue weighted by Crippen LogP contribution is 2.15. The number of carbonyl (C=O) groups excluding carboxylic acids is 3. The Kier molecular flexibility index (Phi) is 52.9. The van der Waals surface area contributed by atoms with Crippen molar-refractivity contribution in [3.63, 3.8) is 0 Å². The molecular formula is C48H90O3. The van der Waals surface area contributed by atoms with E-state index >= 15 is 0 Å². The maximum atomic E-state index is 11.0. The summed E-state index contributed by atoms with van der Waals surface area (Å²) in [6.07, 6.45) is 50.4. The van der Waals surface area contributed by atoms with Crippen LogP contribution < -0.4 is 0 Å². The van der Waals surface area contributed by atoms with Crippen molar-refractivity contribution in [1.82, 2.24) is 0 Å². The van der Waals surface area contributed by atoms with Crippen LogP contribution in [0.15, 0.2) is 38.0 Å². The molecule has 0 aromatic heterocycles. The molecule has 0 spiro atoms. The molecule has 0 aromatic rings. The van der Waals surface area contributed by atoms with Crippen LogP contribution in [0.25, 0.3) is 0 Å². The Balaban J connectivity index is -0.000000697. The average molecular weight is 715 g/mol. The third kappa shape index (κ3) is 55.2. The topological polar surface area (TPSA) is 51.2 Å². The Bertz CT molecular complexity index is 752. The lowest BCUT2D eigenvalue weighted by atomic mass is 10.0. The number of hydrogen-bond acceptors (Lipinski definition) is 3. The van der Waals surface area contributed by atoms with Gasteiger partial charge in [-0.1, -0.05) is 233 Å². The van der Waals surface area contributed by atoms with Gasteiger partial charge >= 0.3 is 0 Å². The van der Waals surface area contributed by atoms with Crippen molar-refractivity contribution in [3.05, 3.63) is 38.0 Å². The molecule has 0 aliphatic rings.